The van der Waals surface area contributed by atoms with Gasteiger partial charge in [0.05, 0.1) is 4.88 Å². The molecule has 1 amide bonds. The molecule has 0 fully saturated rings. The van der Waals surface area contributed by atoms with Crippen molar-refractivity contribution in [1.82, 2.24) is 0 Å². The number of benzene rings is 2. The number of thioether (sulfide) groups is 1. The van der Waals surface area contributed by atoms with Crippen LogP contribution in [0.2, 0.25) is 0 Å². The van der Waals surface area contributed by atoms with Gasteiger partial charge in [-0.05, 0) is 42.7 Å². The van der Waals surface area contributed by atoms with E-state index in [1.54, 1.807) is 23.9 Å². The van der Waals surface area contributed by atoms with Crippen LogP contribution in [0, 0.1) is 5.82 Å². The molecular weight excluding hydrogens is 305 g/mol. The van der Waals surface area contributed by atoms with E-state index < -0.39 is 0 Å². The van der Waals surface area contributed by atoms with E-state index >= 15 is 0 Å². The number of fused-ring (bicyclic) bond motifs is 1. The quantitative estimate of drug-likeness (QED) is 0.688. The van der Waals surface area contributed by atoms with Gasteiger partial charge in [-0.1, -0.05) is 12.1 Å². The minimum absolute atomic E-state index is 0.214. The summed E-state index contributed by atoms with van der Waals surface area (Å²) in [7, 11) is 0. The first-order valence-electron chi connectivity index (χ1n) is 6.31. The van der Waals surface area contributed by atoms with Gasteiger partial charge in [0.25, 0.3) is 5.91 Å². The molecule has 0 saturated heterocycles. The Balaban J connectivity index is 1.88. The second-order valence-corrected chi connectivity index (χ2v) is 6.41. The highest BCUT2D eigenvalue weighted by molar-refractivity contribution is 7.98. The first kappa shape index (κ1) is 14.1. The minimum atomic E-state index is -0.299. The number of rotatable bonds is 3. The van der Waals surface area contributed by atoms with Gasteiger partial charge in [0.15, 0.2) is 0 Å². The van der Waals surface area contributed by atoms with E-state index in [1.807, 2.05) is 36.6 Å². The zero-order valence-electron chi connectivity index (χ0n) is 11.2. The van der Waals surface area contributed by atoms with E-state index in [0.29, 0.717) is 10.3 Å². The van der Waals surface area contributed by atoms with Gasteiger partial charge in [-0.2, -0.15) is 0 Å². The molecule has 2 aromatic carbocycles. The van der Waals surface area contributed by atoms with Crippen LogP contribution in [0.5, 0.6) is 0 Å². The number of halogens is 1. The standard InChI is InChI=1S/C16H12FNOS2/c1-20-11-5-2-4-10(8-11)18-16(19)15-9-12-13(17)6-3-7-14(12)21-15/h2-9H,1H3,(H,18,19). The summed E-state index contributed by atoms with van der Waals surface area (Å²) in [5.41, 5.74) is 0.741. The smallest absolute Gasteiger partial charge is 0.265 e. The SMILES string of the molecule is CSc1cccc(NC(=O)c2cc3c(F)cccc3s2)c1. The van der Waals surface area contributed by atoms with Crippen LogP contribution in [-0.4, -0.2) is 12.2 Å². The molecule has 0 spiro atoms. The Morgan fingerprint density at radius 2 is 2.00 bits per heavy atom. The van der Waals surface area contributed by atoms with Crippen LogP contribution in [0.1, 0.15) is 9.67 Å². The number of hydrogen-bond donors (Lipinski definition) is 1. The highest BCUT2D eigenvalue weighted by Crippen LogP contribution is 2.28. The van der Waals surface area contributed by atoms with Gasteiger partial charge in [0, 0.05) is 20.7 Å². The lowest BCUT2D eigenvalue weighted by Gasteiger charge is -2.04. The average Bonchev–Trinajstić information content (AvgIpc) is 2.93. The summed E-state index contributed by atoms with van der Waals surface area (Å²) < 4.78 is 14.4. The van der Waals surface area contributed by atoms with Gasteiger partial charge in [0.1, 0.15) is 5.82 Å². The molecule has 1 N–H and O–H groups in total. The van der Waals surface area contributed by atoms with Crippen molar-refractivity contribution in [1.29, 1.82) is 0 Å². The Kier molecular flexibility index (Phi) is 3.94. The molecule has 1 heterocycles. The van der Waals surface area contributed by atoms with E-state index in [0.717, 1.165) is 15.3 Å². The summed E-state index contributed by atoms with van der Waals surface area (Å²) in [6, 6.07) is 14.1. The molecule has 2 nitrogen and oxygen atoms in total. The number of amides is 1. The lowest BCUT2D eigenvalue weighted by Crippen LogP contribution is -2.09. The van der Waals surface area contributed by atoms with E-state index in [9.17, 15) is 9.18 Å². The summed E-state index contributed by atoms with van der Waals surface area (Å²) in [5.74, 6) is -0.513. The van der Waals surface area contributed by atoms with Crippen molar-refractivity contribution >= 4 is 44.8 Å². The van der Waals surface area contributed by atoms with Gasteiger partial charge in [-0.3, -0.25) is 4.79 Å². The Morgan fingerprint density at radius 1 is 1.19 bits per heavy atom. The van der Waals surface area contributed by atoms with Gasteiger partial charge >= 0.3 is 0 Å². The van der Waals surface area contributed by atoms with Gasteiger partial charge < -0.3 is 5.32 Å². The van der Waals surface area contributed by atoms with Crippen LogP contribution < -0.4 is 5.32 Å². The summed E-state index contributed by atoms with van der Waals surface area (Å²) in [6.45, 7) is 0. The number of thiophene rings is 1. The summed E-state index contributed by atoms with van der Waals surface area (Å²) in [6.07, 6.45) is 1.98. The van der Waals surface area contributed by atoms with Crippen molar-refractivity contribution < 1.29 is 9.18 Å². The Labute approximate surface area is 130 Å². The molecular formula is C16H12FNOS2. The Bertz CT molecular complexity index is 813. The van der Waals surface area contributed by atoms with Gasteiger partial charge in [0.2, 0.25) is 0 Å². The lowest BCUT2D eigenvalue weighted by molar-refractivity contribution is 0.103. The van der Waals surface area contributed by atoms with Crippen molar-refractivity contribution in [3.05, 3.63) is 59.2 Å². The third kappa shape index (κ3) is 2.94. The summed E-state index contributed by atoms with van der Waals surface area (Å²) in [5, 5.41) is 3.34. The Morgan fingerprint density at radius 3 is 2.76 bits per heavy atom. The molecule has 1 aromatic heterocycles. The molecule has 0 aliphatic heterocycles. The first-order chi connectivity index (χ1) is 10.2. The monoisotopic (exact) mass is 317 g/mol. The molecule has 0 bridgehead atoms. The maximum Gasteiger partial charge on any atom is 0.265 e. The van der Waals surface area contributed by atoms with Crippen LogP contribution in [0.15, 0.2) is 53.4 Å². The van der Waals surface area contributed by atoms with Crippen LogP contribution in [0.3, 0.4) is 0 Å². The van der Waals surface area contributed by atoms with Crippen molar-refractivity contribution in [2.24, 2.45) is 0 Å². The first-order valence-corrected chi connectivity index (χ1v) is 8.35. The van der Waals surface area contributed by atoms with E-state index in [2.05, 4.69) is 5.32 Å². The fraction of sp³-hybridized carbons (Fsp3) is 0.0625. The largest absolute Gasteiger partial charge is 0.321 e. The van der Waals surface area contributed by atoms with E-state index in [-0.39, 0.29) is 11.7 Å². The maximum absolute atomic E-state index is 13.7. The molecule has 21 heavy (non-hydrogen) atoms. The summed E-state index contributed by atoms with van der Waals surface area (Å²) in [4.78, 5) is 13.8. The summed E-state index contributed by atoms with van der Waals surface area (Å²) >= 11 is 2.90. The third-order valence-electron chi connectivity index (χ3n) is 3.06. The topological polar surface area (TPSA) is 29.1 Å². The highest BCUT2D eigenvalue weighted by Gasteiger charge is 2.12. The molecule has 0 radical (unpaired) electrons. The van der Waals surface area contributed by atoms with Crippen molar-refractivity contribution in [3.63, 3.8) is 0 Å². The predicted octanol–water partition coefficient (Wildman–Crippen LogP) is 5.01. The number of anilines is 1. The zero-order chi connectivity index (χ0) is 14.8. The van der Waals surface area contributed by atoms with Gasteiger partial charge in [-0.15, -0.1) is 23.1 Å². The molecule has 0 aliphatic rings. The van der Waals surface area contributed by atoms with Crippen molar-refractivity contribution in [2.75, 3.05) is 11.6 Å². The van der Waals surface area contributed by atoms with Crippen molar-refractivity contribution in [3.8, 4) is 0 Å². The van der Waals surface area contributed by atoms with Crippen LogP contribution >= 0.6 is 23.1 Å². The number of carbonyl (C=O) groups is 1. The van der Waals surface area contributed by atoms with E-state index in [4.69, 9.17) is 0 Å². The second kappa shape index (κ2) is 5.87. The molecule has 0 saturated carbocycles. The van der Waals surface area contributed by atoms with E-state index in [1.165, 1.54) is 17.4 Å². The van der Waals surface area contributed by atoms with Crippen LogP contribution in [0.4, 0.5) is 10.1 Å². The fourth-order valence-electron chi connectivity index (χ4n) is 2.03. The number of nitrogens with one attached hydrogen (secondary N) is 1. The zero-order valence-corrected chi connectivity index (χ0v) is 12.9. The second-order valence-electron chi connectivity index (χ2n) is 4.45. The minimum Gasteiger partial charge on any atom is -0.321 e. The van der Waals surface area contributed by atoms with Gasteiger partial charge in [-0.25, -0.2) is 4.39 Å². The Hall–Kier alpha value is -1.85. The van der Waals surface area contributed by atoms with Crippen LogP contribution in [-0.2, 0) is 0 Å². The molecule has 0 unspecified atom stereocenters. The molecule has 3 rings (SSSR count). The van der Waals surface area contributed by atoms with Crippen molar-refractivity contribution in [2.45, 2.75) is 4.90 Å². The molecule has 106 valence electrons. The number of hydrogen-bond acceptors (Lipinski definition) is 3. The fourth-order valence-corrected chi connectivity index (χ4v) is 3.46. The molecule has 5 heteroatoms. The predicted molar refractivity (Wildman–Crippen MR) is 88.0 cm³/mol. The maximum atomic E-state index is 13.7. The van der Waals surface area contributed by atoms with Crippen LogP contribution in [0.25, 0.3) is 10.1 Å². The lowest BCUT2D eigenvalue weighted by atomic mass is 10.2. The normalized spacial score (nSPS) is 10.8. The average molecular weight is 317 g/mol. The highest BCUT2D eigenvalue weighted by atomic mass is 32.2. The molecule has 0 aliphatic carbocycles. The molecule has 3 aromatic rings. The number of carbonyl (C=O) groups excluding carboxylic acids is 1. The molecule has 0 atom stereocenters. The third-order valence-corrected chi connectivity index (χ3v) is 4.88.